The lowest BCUT2D eigenvalue weighted by Gasteiger charge is -2.12. The van der Waals surface area contributed by atoms with Crippen molar-refractivity contribution in [3.63, 3.8) is 0 Å². The van der Waals surface area contributed by atoms with Crippen molar-refractivity contribution in [1.82, 2.24) is 4.98 Å². The highest BCUT2D eigenvalue weighted by molar-refractivity contribution is 6.05. The van der Waals surface area contributed by atoms with E-state index in [0.717, 1.165) is 33.3 Å². The standard InChI is InChI=1S/C14H15NO2/c1-7-5-6-11(14(16)17)12-9(3)8(2)10(4)15-13(7)12/h5-6H,1-4H3,(H,16,17). The first-order valence-corrected chi connectivity index (χ1v) is 5.54. The Morgan fingerprint density at radius 1 is 1.12 bits per heavy atom. The summed E-state index contributed by atoms with van der Waals surface area (Å²) in [6, 6.07) is 3.47. The number of rotatable bonds is 1. The molecule has 88 valence electrons. The van der Waals surface area contributed by atoms with Gasteiger partial charge in [-0.1, -0.05) is 6.07 Å². The van der Waals surface area contributed by atoms with Crippen molar-refractivity contribution in [3.05, 3.63) is 40.1 Å². The molecule has 17 heavy (non-hydrogen) atoms. The molecule has 0 amide bonds. The first kappa shape index (κ1) is 11.6. The number of carbonyl (C=O) groups is 1. The van der Waals surface area contributed by atoms with Gasteiger partial charge in [0.15, 0.2) is 0 Å². The topological polar surface area (TPSA) is 50.2 Å². The molecule has 2 rings (SSSR count). The Morgan fingerprint density at radius 2 is 1.76 bits per heavy atom. The van der Waals surface area contributed by atoms with Crippen LogP contribution in [0.3, 0.4) is 0 Å². The molecule has 1 aromatic carbocycles. The summed E-state index contributed by atoms with van der Waals surface area (Å²) < 4.78 is 0. The Bertz CT molecular complexity index is 630. The third-order valence-electron chi connectivity index (χ3n) is 3.37. The fraction of sp³-hybridized carbons (Fsp3) is 0.286. The quantitative estimate of drug-likeness (QED) is 0.817. The summed E-state index contributed by atoms with van der Waals surface area (Å²) in [5, 5.41) is 10.00. The molecule has 0 saturated heterocycles. The van der Waals surface area contributed by atoms with Crippen LogP contribution >= 0.6 is 0 Å². The summed E-state index contributed by atoms with van der Waals surface area (Å²) in [6.07, 6.45) is 0. The van der Waals surface area contributed by atoms with Crippen LogP contribution in [0.25, 0.3) is 10.9 Å². The molecule has 0 fully saturated rings. The number of carboxylic acid groups (broad SMARTS) is 1. The van der Waals surface area contributed by atoms with Crippen molar-refractivity contribution < 1.29 is 9.90 Å². The smallest absolute Gasteiger partial charge is 0.336 e. The first-order chi connectivity index (χ1) is 7.93. The minimum Gasteiger partial charge on any atom is -0.478 e. The van der Waals surface area contributed by atoms with Crippen LogP contribution in [0.15, 0.2) is 12.1 Å². The van der Waals surface area contributed by atoms with Crippen molar-refractivity contribution in [2.24, 2.45) is 0 Å². The van der Waals surface area contributed by atoms with Crippen LogP contribution < -0.4 is 0 Å². The molecule has 3 heteroatoms. The van der Waals surface area contributed by atoms with E-state index < -0.39 is 5.97 Å². The number of benzene rings is 1. The Kier molecular flexibility index (Phi) is 2.62. The Labute approximate surface area is 100 Å². The van der Waals surface area contributed by atoms with Crippen LogP contribution in [0, 0.1) is 27.7 Å². The fourth-order valence-electron chi connectivity index (χ4n) is 2.11. The van der Waals surface area contributed by atoms with Crippen molar-refractivity contribution in [1.29, 1.82) is 0 Å². The normalized spacial score (nSPS) is 10.8. The zero-order chi connectivity index (χ0) is 12.7. The highest BCUT2D eigenvalue weighted by Crippen LogP contribution is 2.27. The first-order valence-electron chi connectivity index (χ1n) is 5.54. The van der Waals surface area contributed by atoms with Gasteiger partial charge in [0.2, 0.25) is 0 Å². The molecule has 0 atom stereocenters. The van der Waals surface area contributed by atoms with Crippen molar-refractivity contribution >= 4 is 16.9 Å². The molecule has 1 N–H and O–H groups in total. The van der Waals surface area contributed by atoms with E-state index in [9.17, 15) is 9.90 Å². The Balaban J connectivity index is 3.04. The zero-order valence-electron chi connectivity index (χ0n) is 10.5. The van der Waals surface area contributed by atoms with Gasteiger partial charge in [0, 0.05) is 11.1 Å². The van der Waals surface area contributed by atoms with Crippen molar-refractivity contribution in [2.75, 3.05) is 0 Å². The number of fused-ring (bicyclic) bond motifs is 1. The van der Waals surface area contributed by atoms with E-state index in [-0.39, 0.29) is 0 Å². The van der Waals surface area contributed by atoms with E-state index in [1.165, 1.54) is 0 Å². The zero-order valence-corrected chi connectivity index (χ0v) is 10.5. The molecule has 0 spiro atoms. The van der Waals surface area contributed by atoms with E-state index in [0.29, 0.717) is 5.56 Å². The largest absolute Gasteiger partial charge is 0.478 e. The maximum absolute atomic E-state index is 11.2. The Morgan fingerprint density at radius 3 is 2.35 bits per heavy atom. The van der Waals surface area contributed by atoms with Gasteiger partial charge in [-0.05, 0) is 50.5 Å². The third-order valence-corrected chi connectivity index (χ3v) is 3.37. The van der Waals surface area contributed by atoms with E-state index in [2.05, 4.69) is 4.98 Å². The summed E-state index contributed by atoms with van der Waals surface area (Å²) in [5.74, 6) is -0.900. The van der Waals surface area contributed by atoms with Crippen LogP contribution in [-0.2, 0) is 0 Å². The van der Waals surface area contributed by atoms with Gasteiger partial charge in [-0.2, -0.15) is 0 Å². The number of aromatic carboxylic acids is 1. The average Bonchev–Trinajstić information content (AvgIpc) is 2.27. The highest BCUT2D eigenvalue weighted by Gasteiger charge is 2.15. The lowest BCUT2D eigenvalue weighted by Crippen LogP contribution is -2.03. The summed E-state index contributed by atoms with van der Waals surface area (Å²) >= 11 is 0. The number of pyridine rings is 1. The lowest BCUT2D eigenvalue weighted by atomic mass is 9.96. The molecule has 0 bridgehead atoms. The highest BCUT2D eigenvalue weighted by atomic mass is 16.4. The number of nitrogens with zero attached hydrogens (tertiary/aromatic N) is 1. The van der Waals surface area contributed by atoms with Crippen LogP contribution in [0.4, 0.5) is 0 Å². The minimum atomic E-state index is -0.900. The molecule has 0 aliphatic heterocycles. The second kappa shape index (κ2) is 3.84. The lowest BCUT2D eigenvalue weighted by molar-refractivity contribution is 0.0699. The van der Waals surface area contributed by atoms with Gasteiger partial charge in [-0.25, -0.2) is 4.79 Å². The molecule has 0 aliphatic rings. The second-order valence-corrected chi connectivity index (χ2v) is 4.41. The predicted octanol–water partition coefficient (Wildman–Crippen LogP) is 3.17. The summed E-state index contributed by atoms with van der Waals surface area (Å²) in [6.45, 7) is 7.84. The van der Waals surface area contributed by atoms with E-state index in [4.69, 9.17) is 0 Å². The maximum atomic E-state index is 11.2. The molecule has 0 saturated carbocycles. The summed E-state index contributed by atoms with van der Waals surface area (Å²) in [4.78, 5) is 15.8. The second-order valence-electron chi connectivity index (χ2n) is 4.41. The van der Waals surface area contributed by atoms with Gasteiger partial charge in [-0.15, -0.1) is 0 Å². The SMILES string of the molecule is Cc1nc2c(C)ccc(C(=O)O)c2c(C)c1C. The monoisotopic (exact) mass is 229 g/mol. The van der Waals surface area contributed by atoms with Crippen molar-refractivity contribution in [3.8, 4) is 0 Å². The number of aromatic nitrogens is 1. The van der Waals surface area contributed by atoms with E-state index >= 15 is 0 Å². The third kappa shape index (κ3) is 1.68. The summed E-state index contributed by atoms with van der Waals surface area (Å²) in [5.41, 5.74) is 5.17. The average molecular weight is 229 g/mol. The maximum Gasteiger partial charge on any atom is 0.336 e. The van der Waals surface area contributed by atoms with Crippen molar-refractivity contribution in [2.45, 2.75) is 27.7 Å². The molecule has 3 nitrogen and oxygen atoms in total. The predicted molar refractivity (Wildman–Crippen MR) is 67.7 cm³/mol. The number of aryl methyl sites for hydroxylation is 3. The van der Waals surface area contributed by atoms with E-state index in [1.54, 1.807) is 6.07 Å². The van der Waals surface area contributed by atoms with Crippen LogP contribution in [-0.4, -0.2) is 16.1 Å². The number of hydrogen-bond donors (Lipinski definition) is 1. The van der Waals surface area contributed by atoms with Gasteiger partial charge in [0.1, 0.15) is 0 Å². The molecule has 1 heterocycles. The fourth-order valence-corrected chi connectivity index (χ4v) is 2.11. The Hall–Kier alpha value is -1.90. The molecular weight excluding hydrogens is 214 g/mol. The van der Waals surface area contributed by atoms with Crippen LogP contribution in [0.2, 0.25) is 0 Å². The minimum absolute atomic E-state index is 0.332. The van der Waals surface area contributed by atoms with Crippen LogP contribution in [0.5, 0.6) is 0 Å². The van der Waals surface area contributed by atoms with Gasteiger partial charge in [-0.3, -0.25) is 4.98 Å². The van der Waals surface area contributed by atoms with Gasteiger partial charge in [0.25, 0.3) is 0 Å². The van der Waals surface area contributed by atoms with E-state index in [1.807, 2.05) is 33.8 Å². The van der Waals surface area contributed by atoms with Crippen LogP contribution in [0.1, 0.15) is 32.7 Å². The molecular formula is C14H15NO2. The molecule has 1 aromatic heterocycles. The van der Waals surface area contributed by atoms with Gasteiger partial charge < -0.3 is 5.11 Å². The summed E-state index contributed by atoms with van der Waals surface area (Å²) in [7, 11) is 0. The number of hydrogen-bond acceptors (Lipinski definition) is 2. The molecule has 0 aliphatic carbocycles. The van der Waals surface area contributed by atoms with Gasteiger partial charge in [0.05, 0.1) is 11.1 Å². The number of carboxylic acids is 1. The van der Waals surface area contributed by atoms with Gasteiger partial charge >= 0.3 is 5.97 Å². The molecule has 0 radical (unpaired) electrons. The molecule has 2 aromatic rings. The molecule has 0 unspecified atom stereocenters.